The fourth-order valence-electron chi connectivity index (χ4n) is 1.31. The number of rotatable bonds is 1. The predicted octanol–water partition coefficient (Wildman–Crippen LogP) is 4.14. The van der Waals surface area contributed by atoms with Crippen molar-refractivity contribution in [3.05, 3.63) is 29.1 Å². The van der Waals surface area contributed by atoms with Crippen LogP contribution in [-0.4, -0.2) is 5.91 Å². The molecule has 0 unspecified atom stereocenters. The van der Waals surface area contributed by atoms with Crippen molar-refractivity contribution < 1.29 is 22.4 Å². The minimum Gasteiger partial charge on any atom is -0.324 e. The number of anilines is 1. The van der Waals surface area contributed by atoms with Gasteiger partial charge in [0.15, 0.2) is 5.82 Å². The van der Waals surface area contributed by atoms with E-state index in [0.717, 1.165) is 26.0 Å². The lowest BCUT2D eigenvalue weighted by atomic mass is 10.1. The van der Waals surface area contributed by atoms with Crippen LogP contribution in [0, 0.1) is 12.7 Å². The molecule has 0 atom stereocenters. The zero-order valence-corrected chi connectivity index (χ0v) is 10.6. The minimum absolute atomic E-state index is 0.223. The Morgan fingerprint density at radius 1 is 1.22 bits per heavy atom. The van der Waals surface area contributed by atoms with E-state index in [1.54, 1.807) is 0 Å². The van der Waals surface area contributed by atoms with Gasteiger partial charge < -0.3 is 5.32 Å². The van der Waals surface area contributed by atoms with Gasteiger partial charge in [-0.2, -0.15) is 13.2 Å². The molecule has 6 heteroatoms. The maximum absolute atomic E-state index is 13.5. The average Bonchev–Trinajstić information content (AvgIpc) is 2.23. The molecular weight excluding hydrogens is 250 g/mol. The minimum atomic E-state index is -4.78. The number of benzene rings is 1. The summed E-state index contributed by atoms with van der Waals surface area (Å²) in [6.45, 7) is 6.25. The highest BCUT2D eigenvalue weighted by molar-refractivity contribution is 5.89. The summed E-state index contributed by atoms with van der Waals surface area (Å²) in [5.41, 5.74) is -2.04. The van der Waals surface area contributed by atoms with Gasteiger partial charge in [-0.25, -0.2) is 4.39 Å². The van der Waals surface area contributed by atoms with Crippen LogP contribution >= 0.6 is 0 Å². The van der Waals surface area contributed by atoms with Crippen molar-refractivity contribution in [2.75, 3.05) is 5.32 Å². The van der Waals surface area contributed by atoms with E-state index in [9.17, 15) is 22.4 Å². The molecule has 1 N–H and O–H groups in total. The molecule has 1 aromatic rings. The van der Waals surface area contributed by atoms with Gasteiger partial charge in [0.05, 0.1) is 11.3 Å². The lowest BCUT2D eigenvalue weighted by Crippen LogP contribution is -2.14. The van der Waals surface area contributed by atoms with E-state index < -0.39 is 29.2 Å². The lowest BCUT2D eigenvalue weighted by Gasteiger charge is -2.14. The number of amides is 1. The fraction of sp³-hybridized carbons (Fsp3) is 0.417. The number of halogens is 4. The fourth-order valence-corrected chi connectivity index (χ4v) is 1.31. The molecule has 0 fully saturated rings. The monoisotopic (exact) mass is 265 g/mol. The van der Waals surface area contributed by atoms with Crippen molar-refractivity contribution in [3.63, 3.8) is 0 Å². The average molecular weight is 265 g/mol. The van der Waals surface area contributed by atoms with E-state index in [1.165, 1.54) is 0 Å². The van der Waals surface area contributed by atoms with Crippen LogP contribution in [0.3, 0.4) is 0 Å². The Kier molecular flexibility index (Phi) is 5.81. The first-order valence-corrected chi connectivity index (χ1v) is 5.37. The summed E-state index contributed by atoms with van der Waals surface area (Å²) in [6.07, 6.45) is -4.78. The second kappa shape index (κ2) is 6.37. The highest BCUT2D eigenvalue weighted by Crippen LogP contribution is 2.36. The van der Waals surface area contributed by atoms with Gasteiger partial charge in [0.1, 0.15) is 0 Å². The Morgan fingerprint density at radius 2 is 1.72 bits per heavy atom. The molecule has 0 heterocycles. The molecular formula is C12H15F4NO. The molecule has 1 rings (SSSR count). The van der Waals surface area contributed by atoms with Crippen LogP contribution in [0.25, 0.3) is 0 Å². The van der Waals surface area contributed by atoms with Crippen LogP contribution in [0.15, 0.2) is 12.1 Å². The molecule has 18 heavy (non-hydrogen) atoms. The molecule has 1 amide bonds. The van der Waals surface area contributed by atoms with Crippen LogP contribution in [-0.2, 0) is 11.0 Å². The Balaban J connectivity index is 0.00000137. The SMILES string of the molecule is CC.CC(=O)Nc1ccc(C)c(C(F)(F)F)c1F. The highest BCUT2D eigenvalue weighted by atomic mass is 19.4. The van der Waals surface area contributed by atoms with Crippen LogP contribution in [0.1, 0.15) is 31.9 Å². The van der Waals surface area contributed by atoms with E-state index in [4.69, 9.17) is 0 Å². The van der Waals surface area contributed by atoms with Crippen molar-refractivity contribution in [2.45, 2.75) is 33.9 Å². The normalized spacial score (nSPS) is 10.4. The summed E-state index contributed by atoms with van der Waals surface area (Å²) in [5, 5.41) is 2.00. The number of hydrogen-bond acceptors (Lipinski definition) is 1. The van der Waals surface area contributed by atoms with Crippen LogP contribution in [0.4, 0.5) is 23.2 Å². The quantitative estimate of drug-likeness (QED) is 0.760. The molecule has 2 nitrogen and oxygen atoms in total. The maximum atomic E-state index is 13.5. The molecule has 102 valence electrons. The van der Waals surface area contributed by atoms with Crippen molar-refractivity contribution >= 4 is 11.6 Å². The van der Waals surface area contributed by atoms with Gasteiger partial charge in [-0.1, -0.05) is 19.9 Å². The Morgan fingerprint density at radius 3 is 2.11 bits per heavy atom. The first-order chi connectivity index (χ1) is 8.23. The lowest BCUT2D eigenvalue weighted by molar-refractivity contribution is -0.140. The number of carbonyl (C=O) groups excluding carboxylic acids is 1. The smallest absolute Gasteiger partial charge is 0.324 e. The first kappa shape index (κ1) is 16.4. The topological polar surface area (TPSA) is 29.1 Å². The van der Waals surface area contributed by atoms with Gasteiger partial charge in [-0.05, 0) is 18.6 Å². The van der Waals surface area contributed by atoms with E-state index in [-0.39, 0.29) is 5.56 Å². The van der Waals surface area contributed by atoms with E-state index in [2.05, 4.69) is 0 Å². The predicted molar refractivity (Wildman–Crippen MR) is 61.8 cm³/mol. The molecule has 0 bridgehead atoms. The van der Waals surface area contributed by atoms with Crippen molar-refractivity contribution in [1.29, 1.82) is 0 Å². The van der Waals surface area contributed by atoms with Gasteiger partial charge in [-0.15, -0.1) is 0 Å². The second-order valence-electron chi connectivity index (χ2n) is 3.30. The van der Waals surface area contributed by atoms with E-state index in [1.807, 2.05) is 19.2 Å². The number of carbonyl (C=O) groups is 1. The maximum Gasteiger partial charge on any atom is 0.419 e. The Hall–Kier alpha value is -1.59. The summed E-state index contributed by atoms with van der Waals surface area (Å²) in [7, 11) is 0. The van der Waals surface area contributed by atoms with Crippen molar-refractivity contribution in [3.8, 4) is 0 Å². The molecule has 0 aliphatic carbocycles. The summed E-state index contributed by atoms with van der Waals surface area (Å²) in [4.78, 5) is 10.7. The molecule has 0 aromatic heterocycles. The molecule has 1 aromatic carbocycles. The highest BCUT2D eigenvalue weighted by Gasteiger charge is 2.36. The molecule has 0 saturated heterocycles. The Bertz CT molecular complexity index is 427. The van der Waals surface area contributed by atoms with E-state index >= 15 is 0 Å². The number of aryl methyl sites for hydroxylation is 1. The summed E-state index contributed by atoms with van der Waals surface area (Å²) in [5.74, 6) is -2.08. The van der Waals surface area contributed by atoms with Crippen molar-refractivity contribution in [2.24, 2.45) is 0 Å². The Labute approximate surface area is 103 Å². The standard InChI is InChI=1S/C10H9F4NO.C2H6/c1-5-3-4-7(15-6(2)16)9(11)8(5)10(12,13)14;1-2/h3-4H,1-2H3,(H,15,16);1-2H3. The van der Waals surface area contributed by atoms with Gasteiger partial charge >= 0.3 is 6.18 Å². The zero-order chi connectivity index (χ0) is 14.5. The van der Waals surface area contributed by atoms with Crippen molar-refractivity contribution in [1.82, 2.24) is 0 Å². The summed E-state index contributed by atoms with van der Waals surface area (Å²) in [6, 6.07) is 2.21. The number of nitrogens with one attached hydrogen (secondary N) is 1. The molecule has 0 spiro atoms. The summed E-state index contributed by atoms with van der Waals surface area (Å²) < 4.78 is 50.9. The van der Waals surface area contributed by atoms with Crippen LogP contribution < -0.4 is 5.32 Å². The summed E-state index contributed by atoms with van der Waals surface area (Å²) >= 11 is 0. The largest absolute Gasteiger partial charge is 0.419 e. The molecule has 0 aliphatic heterocycles. The molecule has 0 saturated carbocycles. The first-order valence-electron chi connectivity index (χ1n) is 5.37. The zero-order valence-electron chi connectivity index (χ0n) is 10.6. The van der Waals surface area contributed by atoms with Crippen LogP contribution in [0.2, 0.25) is 0 Å². The third-order valence-electron chi connectivity index (χ3n) is 1.94. The van der Waals surface area contributed by atoms with E-state index in [0.29, 0.717) is 0 Å². The van der Waals surface area contributed by atoms with Gasteiger partial charge in [0.2, 0.25) is 5.91 Å². The number of hydrogen-bond donors (Lipinski definition) is 1. The van der Waals surface area contributed by atoms with Crippen LogP contribution in [0.5, 0.6) is 0 Å². The molecule has 0 radical (unpaired) electrons. The number of alkyl halides is 3. The third-order valence-corrected chi connectivity index (χ3v) is 1.94. The molecule has 0 aliphatic rings. The second-order valence-corrected chi connectivity index (χ2v) is 3.30. The third kappa shape index (κ3) is 4.01. The van der Waals surface area contributed by atoms with Gasteiger partial charge in [0.25, 0.3) is 0 Å². The van der Waals surface area contributed by atoms with Gasteiger partial charge in [-0.3, -0.25) is 4.79 Å². The van der Waals surface area contributed by atoms with Gasteiger partial charge in [0, 0.05) is 6.92 Å².